The van der Waals surface area contributed by atoms with Gasteiger partial charge < -0.3 is 10.6 Å². The lowest BCUT2D eigenvalue weighted by molar-refractivity contribution is 0.731. The second-order valence-electron chi connectivity index (χ2n) is 4.37. The second-order valence-corrected chi connectivity index (χ2v) is 5.62. The van der Waals surface area contributed by atoms with Gasteiger partial charge in [-0.3, -0.25) is 4.68 Å². The number of benzene rings is 1. The van der Waals surface area contributed by atoms with Crippen LogP contribution in [0.25, 0.3) is 0 Å². The fraction of sp³-hybridized carbons (Fsp3) is 0.231. The average molecular weight is 329 g/mol. The van der Waals surface area contributed by atoms with Crippen LogP contribution in [0, 0.1) is 13.8 Å². The molecule has 106 valence electrons. The summed E-state index contributed by atoms with van der Waals surface area (Å²) < 4.78 is 1.80. The quantitative estimate of drug-likeness (QED) is 0.812. The van der Waals surface area contributed by atoms with Crippen molar-refractivity contribution < 1.29 is 0 Å². The Kier molecular flexibility index (Phi) is 4.52. The van der Waals surface area contributed by atoms with Crippen molar-refractivity contribution in [2.75, 3.05) is 10.6 Å². The smallest absolute Gasteiger partial charge is 0.175 e. The molecule has 2 N–H and O–H groups in total. The van der Waals surface area contributed by atoms with Gasteiger partial charge in [0.15, 0.2) is 5.11 Å². The highest BCUT2D eigenvalue weighted by atomic mass is 35.5. The van der Waals surface area contributed by atoms with Crippen LogP contribution in [-0.2, 0) is 7.05 Å². The Morgan fingerprint density at radius 1 is 1.25 bits per heavy atom. The number of aromatic nitrogens is 2. The maximum Gasteiger partial charge on any atom is 0.175 e. The van der Waals surface area contributed by atoms with E-state index in [1.807, 2.05) is 20.9 Å². The molecule has 0 amide bonds. The van der Waals surface area contributed by atoms with Crippen molar-refractivity contribution in [1.82, 2.24) is 9.78 Å². The summed E-state index contributed by atoms with van der Waals surface area (Å²) in [6.45, 7) is 3.89. The molecule has 1 aromatic carbocycles. The molecule has 0 atom stereocenters. The molecule has 0 bridgehead atoms. The third kappa shape index (κ3) is 3.23. The number of anilines is 2. The molecule has 0 unspecified atom stereocenters. The monoisotopic (exact) mass is 328 g/mol. The molecule has 7 heteroatoms. The van der Waals surface area contributed by atoms with Crippen molar-refractivity contribution in [2.24, 2.45) is 7.05 Å². The zero-order chi connectivity index (χ0) is 14.9. The molecule has 4 nitrogen and oxygen atoms in total. The van der Waals surface area contributed by atoms with E-state index in [0.29, 0.717) is 20.8 Å². The van der Waals surface area contributed by atoms with Gasteiger partial charge in [0, 0.05) is 12.1 Å². The van der Waals surface area contributed by atoms with Crippen molar-refractivity contribution in [1.29, 1.82) is 0 Å². The maximum absolute atomic E-state index is 6.08. The Hall–Kier alpha value is -1.30. The molecular formula is C13H14Cl2N4S. The average Bonchev–Trinajstić information content (AvgIpc) is 2.61. The van der Waals surface area contributed by atoms with Crippen LogP contribution in [-0.4, -0.2) is 14.9 Å². The van der Waals surface area contributed by atoms with E-state index in [9.17, 15) is 0 Å². The third-order valence-electron chi connectivity index (χ3n) is 2.92. The zero-order valence-electron chi connectivity index (χ0n) is 11.3. The summed E-state index contributed by atoms with van der Waals surface area (Å²) in [5, 5.41) is 12.1. The summed E-state index contributed by atoms with van der Waals surface area (Å²) in [5.74, 6) is 0. The van der Waals surface area contributed by atoms with E-state index in [4.69, 9.17) is 35.4 Å². The van der Waals surface area contributed by atoms with Crippen molar-refractivity contribution in [2.45, 2.75) is 13.8 Å². The highest BCUT2D eigenvalue weighted by Crippen LogP contribution is 2.26. The fourth-order valence-corrected chi connectivity index (χ4v) is 2.36. The van der Waals surface area contributed by atoms with Crippen LogP contribution in [0.1, 0.15) is 11.4 Å². The minimum atomic E-state index is 0.438. The maximum atomic E-state index is 6.08. The van der Waals surface area contributed by atoms with Crippen LogP contribution in [0.3, 0.4) is 0 Å². The third-order valence-corrected chi connectivity index (χ3v) is 3.69. The van der Waals surface area contributed by atoms with Gasteiger partial charge in [-0.25, -0.2) is 0 Å². The molecule has 0 saturated carbocycles. The van der Waals surface area contributed by atoms with E-state index in [2.05, 4.69) is 15.7 Å². The molecule has 1 heterocycles. The highest BCUT2D eigenvalue weighted by Gasteiger charge is 2.11. The summed E-state index contributed by atoms with van der Waals surface area (Å²) >= 11 is 17.3. The molecule has 0 spiro atoms. The van der Waals surface area contributed by atoms with Crippen LogP contribution in [0.2, 0.25) is 10.0 Å². The Morgan fingerprint density at radius 2 is 1.95 bits per heavy atom. The first-order valence-electron chi connectivity index (χ1n) is 5.91. The first-order valence-corrected chi connectivity index (χ1v) is 7.08. The van der Waals surface area contributed by atoms with Crippen molar-refractivity contribution in [3.63, 3.8) is 0 Å². The van der Waals surface area contributed by atoms with E-state index in [1.165, 1.54) is 0 Å². The van der Waals surface area contributed by atoms with Gasteiger partial charge in [-0.1, -0.05) is 23.2 Å². The summed E-state index contributed by atoms with van der Waals surface area (Å²) in [4.78, 5) is 0. The predicted octanol–water partition coefficient (Wildman–Crippen LogP) is 4.15. The Balaban J connectivity index is 2.15. The van der Waals surface area contributed by atoms with E-state index >= 15 is 0 Å². The van der Waals surface area contributed by atoms with Crippen LogP contribution >= 0.6 is 35.4 Å². The molecule has 0 fully saturated rings. The van der Waals surface area contributed by atoms with Gasteiger partial charge in [-0.15, -0.1) is 0 Å². The van der Waals surface area contributed by atoms with Gasteiger partial charge >= 0.3 is 0 Å². The Bertz CT molecular complexity index is 667. The molecular weight excluding hydrogens is 315 g/mol. The SMILES string of the molecule is Cc1nn(C)c(C)c1NC(=S)Nc1cc(Cl)ccc1Cl. The van der Waals surface area contributed by atoms with Gasteiger partial charge in [-0.2, -0.15) is 5.10 Å². The van der Waals surface area contributed by atoms with Crippen LogP contribution in [0.4, 0.5) is 11.4 Å². The largest absolute Gasteiger partial charge is 0.331 e. The Labute approximate surface area is 133 Å². The van der Waals surface area contributed by atoms with Gasteiger partial charge in [-0.05, 0) is 44.3 Å². The van der Waals surface area contributed by atoms with E-state index in [0.717, 1.165) is 17.1 Å². The molecule has 0 aliphatic carbocycles. The predicted molar refractivity (Wildman–Crippen MR) is 89.0 cm³/mol. The topological polar surface area (TPSA) is 41.9 Å². The summed E-state index contributed by atoms with van der Waals surface area (Å²) in [6.07, 6.45) is 0. The normalized spacial score (nSPS) is 10.4. The van der Waals surface area contributed by atoms with Gasteiger partial charge in [0.25, 0.3) is 0 Å². The van der Waals surface area contributed by atoms with Crippen molar-refractivity contribution in [3.05, 3.63) is 39.6 Å². The molecule has 1 aromatic heterocycles. The standard InChI is InChI=1S/C13H14Cl2N4S/c1-7-12(8(2)19(3)18-7)17-13(20)16-11-6-9(14)4-5-10(11)15/h4-6H,1-3H3,(H2,16,17,20). The van der Waals surface area contributed by atoms with Gasteiger partial charge in [0.05, 0.1) is 27.8 Å². The molecule has 0 radical (unpaired) electrons. The summed E-state index contributed by atoms with van der Waals surface area (Å²) in [5.41, 5.74) is 3.44. The first-order chi connectivity index (χ1) is 9.38. The highest BCUT2D eigenvalue weighted by molar-refractivity contribution is 7.80. The number of hydrogen-bond donors (Lipinski definition) is 2. The Morgan fingerprint density at radius 3 is 2.55 bits per heavy atom. The van der Waals surface area contributed by atoms with E-state index in [-0.39, 0.29) is 0 Å². The van der Waals surface area contributed by atoms with Gasteiger partial charge in [0.2, 0.25) is 0 Å². The second kappa shape index (κ2) is 5.99. The number of nitrogens with zero attached hydrogens (tertiary/aromatic N) is 2. The zero-order valence-corrected chi connectivity index (χ0v) is 13.6. The summed E-state index contributed by atoms with van der Waals surface area (Å²) in [6, 6.07) is 5.16. The lowest BCUT2D eigenvalue weighted by Gasteiger charge is -2.12. The molecule has 0 saturated heterocycles. The fourth-order valence-electron chi connectivity index (χ4n) is 1.81. The number of hydrogen-bond acceptors (Lipinski definition) is 2. The van der Waals surface area contributed by atoms with Crippen molar-refractivity contribution in [3.8, 4) is 0 Å². The minimum Gasteiger partial charge on any atom is -0.331 e. The van der Waals surface area contributed by atoms with E-state index in [1.54, 1.807) is 22.9 Å². The molecule has 2 rings (SSSR count). The van der Waals surface area contributed by atoms with Crippen molar-refractivity contribution >= 4 is 51.9 Å². The van der Waals surface area contributed by atoms with Gasteiger partial charge in [0.1, 0.15) is 0 Å². The minimum absolute atomic E-state index is 0.438. The molecule has 20 heavy (non-hydrogen) atoms. The van der Waals surface area contributed by atoms with Crippen LogP contribution in [0.15, 0.2) is 18.2 Å². The summed E-state index contributed by atoms with van der Waals surface area (Å²) in [7, 11) is 1.89. The number of aryl methyl sites for hydroxylation is 2. The number of nitrogens with one attached hydrogen (secondary N) is 2. The number of rotatable bonds is 2. The van der Waals surface area contributed by atoms with E-state index < -0.39 is 0 Å². The lowest BCUT2D eigenvalue weighted by Crippen LogP contribution is -2.20. The molecule has 0 aliphatic heterocycles. The molecule has 2 aromatic rings. The molecule has 0 aliphatic rings. The number of thiocarbonyl (C=S) groups is 1. The van der Waals surface area contributed by atoms with Crippen LogP contribution in [0.5, 0.6) is 0 Å². The lowest BCUT2D eigenvalue weighted by atomic mass is 10.3. The van der Waals surface area contributed by atoms with Crippen LogP contribution < -0.4 is 10.6 Å². The number of halogens is 2. The first kappa shape index (κ1) is 15.1.